The maximum absolute atomic E-state index is 11.9. The van der Waals surface area contributed by atoms with E-state index >= 15 is 0 Å². The van der Waals surface area contributed by atoms with Crippen molar-refractivity contribution >= 4 is 44.1 Å². The zero-order valence-corrected chi connectivity index (χ0v) is 22.5. The summed E-state index contributed by atoms with van der Waals surface area (Å²) in [7, 11) is -3.16. The standard InChI is InChI=1S/C24H25Cl2N7O3S/c1-13(22-17(25)8-27-9-18(22)26)36-15-3-4-19-16(7-15)23(31-30-19)24-28-20-11-32(12-21(20)29-24)14-5-6-33(10-14)37(2,34)35/h3-4,7-9,13-14H,5-6,10-12H2,1-2H3,(H,28,29)(H,30,31)/t13-,14?/m1/s1. The van der Waals surface area contributed by atoms with Crippen LogP contribution in [0.4, 0.5) is 0 Å². The molecule has 1 unspecified atom stereocenters. The van der Waals surface area contributed by atoms with Crippen LogP contribution in [0.25, 0.3) is 22.4 Å². The fraction of sp³-hybridized carbons (Fsp3) is 0.375. The Kier molecular flexibility index (Phi) is 6.15. The number of rotatable bonds is 6. The number of benzene rings is 1. The Morgan fingerprint density at radius 1 is 1.19 bits per heavy atom. The molecular weight excluding hydrogens is 537 g/mol. The van der Waals surface area contributed by atoms with E-state index in [1.807, 2.05) is 25.1 Å². The number of hydrogen-bond acceptors (Lipinski definition) is 7. The lowest BCUT2D eigenvalue weighted by Crippen LogP contribution is -2.35. The zero-order chi connectivity index (χ0) is 25.9. The fourth-order valence-electron chi connectivity index (χ4n) is 5.16. The Hall–Kier alpha value is -2.70. The summed E-state index contributed by atoms with van der Waals surface area (Å²) in [6, 6.07) is 5.89. The Balaban J connectivity index is 1.21. The highest BCUT2D eigenvalue weighted by Crippen LogP contribution is 2.35. The topological polar surface area (TPSA) is 120 Å². The number of imidazole rings is 1. The molecule has 0 amide bonds. The minimum Gasteiger partial charge on any atom is -0.486 e. The van der Waals surface area contributed by atoms with Crippen molar-refractivity contribution in [2.24, 2.45) is 0 Å². The maximum Gasteiger partial charge on any atom is 0.211 e. The van der Waals surface area contributed by atoms with Gasteiger partial charge in [0.1, 0.15) is 17.5 Å². The Morgan fingerprint density at radius 3 is 2.68 bits per heavy atom. The highest BCUT2D eigenvalue weighted by molar-refractivity contribution is 7.88. The molecule has 5 heterocycles. The van der Waals surface area contributed by atoms with E-state index in [4.69, 9.17) is 32.9 Å². The van der Waals surface area contributed by atoms with E-state index in [-0.39, 0.29) is 12.1 Å². The number of ether oxygens (including phenoxy) is 1. The first-order valence-electron chi connectivity index (χ1n) is 11.9. The SMILES string of the molecule is C[C@@H](Oc1ccc2[nH]nc(-c3nc4c([nH]3)CN(C3CCN(S(C)(=O)=O)C3)C4)c2c1)c1c(Cl)cncc1Cl. The van der Waals surface area contributed by atoms with E-state index in [1.165, 1.54) is 6.26 Å². The molecule has 2 N–H and O–H groups in total. The quantitative estimate of drug-likeness (QED) is 0.362. The molecular formula is C24H25Cl2N7O3S. The highest BCUT2D eigenvalue weighted by atomic mass is 35.5. The largest absolute Gasteiger partial charge is 0.486 e. The minimum atomic E-state index is -3.16. The Labute approximate surface area is 224 Å². The molecule has 13 heteroatoms. The predicted molar refractivity (Wildman–Crippen MR) is 141 cm³/mol. The molecule has 6 rings (SSSR count). The number of nitrogens with zero attached hydrogens (tertiary/aromatic N) is 5. The first-order chi connectivity index (χ1) is 17.7. The first-order valence-corrected chi connectivity index (χ1v) is 14.5. The monoisotopic (exact) mass is 561 g/mol. The number of sulfonamides is 1. The van der Waals surface area contributed by atoms with Crippen molar-refractivity contribution in [3.05, 3.63) is 57.6 Å². The number of nitrogens with one attached hydrogen (secondary N) is 2. The van der Waals surface area contributed by atoms with Gasteiger partial charge in [-0.25, -0.2) is 17.7 Å². The van der Waals surface area contributed by atoms with Crippen LogP contribution in [0.5, 0.6) is 5.75 Å². The molecule has 0 spiro atoms. The summed E-state index contributed by atoms with van der Waals surface area (Å²) < 4.78 is 31.5. The van der Waals surface area contributed by atoms with Gasteiger partial charge < -0.3 is 9.72 Å². The molecule has 3 aromatic heterocycles. The molecule has 2 aliphatic heterocycles. The Morgan fingerprint density at radius 2 is 1.97 bits per heavy atom. The van der Waals surface area contributed by atoms with Crippen molar-refractivity contribution in [3.8, 4) is 17.3 Å². The second kappa shape index (κ2) is 9.25. The lowest BCUT2D eigenvalue weighted by molar-refractivity contribution is 0.204. The molecule has 10 nitrogen and oxygen atoms in total. The summed E-state index contributed by atoms with van der Waals surface area (Å²) >= 11 is 12.6. The van der Waals surface area contributed by atoms with Gasteiger partial charge in [-0.3, -0.25) is 15.0 Å². The zero-order valence-electron chi connectivity index (χ0n) is 20.2. The third-order valence-electron chi connectivity index (χ3n) is 7.06. The molecule has 37 heavy (non-hydrogen) atoms. The molecule has 0 bridgehead atoms. The molecule has 0 radical (unpaired) electrons. The van der Waals surface area contributed by atoms with E-state index < -0.39 is 10.0 Å². The van der Waals surface area contributed by atoms with Gasteiger partial charge >= 0.3 is 0 Å². The molecule has 1 aromatic carbocycles. The van der Waals surface area contributed by atoms with Gasteiger partial charge in [0.25, 0.3) is 0 Å². The second-order valence-corrected chi connectivity index (χ2v) is 12.3. The molecule has 0 saturated carbocycles. The fourth-order valence-corrected chi connectivity index (χ4v) is 6.71. The third kappa shape index (κ3) is 4.59. The summed E-state index contributed by atoms with van der Waals surface area (Å²) in [5, 5.41) is 9.35. The van der Waals surface area contributed by atoms with Crippen LogP contribution in [0.15, 0.2) is 30.6 Å². The molecule has 4 aromatic rings. The second-order valence-electron chi connectivity index (χ2n) is 9.54. The van der Waals surface area contributed by atoms with Crippen molar-refractivity contribution in [3.63, 3.8) is 0 Å². The molecule has 1 saturated heterocycles. The normalized spacial score (nSPS) is 19.5. The van der Waals surface area contributed by atoms with Crippen molar-refractivity contribution in [1.29, 1.82) is 0 Å². The van der Waals surface area contributed by atoms with Gasteiger partial charge in [-0.15, -0.1) is 0 Å². The van der Waals surface area contributed by atoms with Crippen LogP contribution < -0.4 is 4.74 Å². The average Bonchev–Trinajstić information content (AvgIpc) is 3.60. The summed E-state index contributed by atoms with van der Waals surface area (Å²) in [4.78, 5) is 14.6. The van der Waals surface area contributed by atoms with Gasteiger partial charge in [0, 0.05) is 55.6 Å². The van der Waals surface area contributed by atoms with Crippen LogP contribution in [-0.2, 0) is 23.1 Å². The molecule has 1 fully saturated rings. The minimum absolute atomic E-state index is 0.191. The number of H-pyrrole nitrogens is 2. The summed E-state index contributed by atoms with van der Waals surface area (Å²) in [6.07, 6.45) is 4.80. The predicted octanol–water partition coefficient (Wildman–Crippen LogP) is 4.14. The number of pyridine rings is 1. The van der Waals surface area contributed by atoms with Gasteiger partial charge in [-0.05, 0) is 31.5 Å². The van der Waals surface area contributed by atoms with E-state index in [0.29, 0.717) is 59.1 Å². The summed E-state index contributed by atoms with van der Waals surface area (Å²) in [5.41, 5.74) is 4.25. The third-order valence-corrected chi connectivity index (χ3v) is 8.93. The molecule has 0 aliphatic carbocycles. The van der Waals surface area contributed by atoms with Crippen LogP contribution in [0.2, 0.25) is 10.0 Å². The first kappa shape index (κ1) is 24.6. The van der Waals surface area contributed by atoms with E-state index in [0.717, 1.165) is 28.7 Å². The molecule has 2 atom stereocenters. The number of aromatic amines is 2. The summed E-state index contributed by atoms with van der Waals surface area (Å²) in [6.45, 7) is 4.35. The van der Waals surface area contributed by atoms with Crippen LogP contribution in [-0.4, -0.2) is 68.2 Å². The van der Waals surface area contributed by atoms with Crippen LogP contribution in [0.3, 0.4) is 0 Å². The van der Waals surface area contributed by atoms with Crippen LogP contribution in [0.1, 0.15) is 36.4 Å². The number of fused-ring (bicyclic) bond motifs is 2. The van der Waals surface area contributed by atoms with Crippen molar-refractivity contribution in [2.75, 3.05) is 19.3 Å². The van der Waals surface area contributed by atoms with Crippen LogP contribution >= 0.6 is 23.2 Å². The van der Waals surface area contributed by atoms with Gasteiger partial charge in [0.2, 0.25) is 10.0 Å². The summed E-state index contributed by atoms with van der Waals surface area (Å²) in [5.74, 6) is 1.33. The van der Waals surface area contributed by atoms with Gasteiger partial charge in [0.05, 0.1) is 33.2 Å². The van der Waals surface area contributed by atoms with E-state index in [2.05, 4.69) is 25.1 Å². The highest BCUT2D eigenvalue weighted by Gasteiger charge is 2.36. The number of halogens is 2. The van der Waals surface area contributed by atoms with E-state index in [9.17, 15) is 8.42 Å². The smallest absolute Gasteiger partial charge is 0.211 e. The van der Waals surface area contributed by atoms with Crippen molar-refractivity contribution < 1.29 is 13.2 Å². The lowest BCUT2D eigenvalue weighted by atomic mass is 10.1. The molecule has 2 aliphatic rings. The lowest BCUT2D eigenvalue weighted by Gasteiger charge is -2.23. The van der Waals surface area contributed by atoms with E-state index in [1.54, 1.807) is 16.7 Å². The van der Waals surface area contributed by atoms with Crippen molar-refractivity contribution in [2.45, 2.75) is 38.6 Å². The van der Waals surface area contributed by atoms with Gasteiger partial charge in [0.15, 0.2) is 5.82 Å². The van der Waals surface area contributed by atoms with Gasteiger partial charge in [-0.2, -0.15) is 5.10 Å². The maximum atomic E-state index is 11.9. The average molecular weight is 562 g/mol. The van der Waals surface area contributed by atoms with Gasteiger partial charge in [-0.1, -0.05) is 23.2 Å². The molecule has 194 valence electrons. The number of hydrogen-bond donors (Lipinski definition) is 2. The number of aromatic nitrogens is 5. The van der Waals surface area contributed by atoms with Crippen molar-refractivity contribution in [1.82, 2.24) is 34.4 Å². The van der Waals surface area contributed by atoms with Crippen LogP contribution in [0, 0.1) is 0 Å². The Bertz CT molecular complexity index is 1560.